The molecule has 21 heavy (non-hydrogen) atoms. The minimum Gasteiger partial charge on any atom is -0.372 e. The second-order valence-corrected chi connectivity index (χ2v) is 6.70. The van der Waals surface area contributed by atoms with Crippen LogP contribution in [0.15, 0.2) is 12.3 Å². The van der Waals surface area contributed by atoms with Crippen molar-refractivity contribution in [3.05, 3.63) is 23.6 Å². The van der Waals surface area contributed by atoms with Gasteiger partial charge in [-0.1, -0.05) is 19.3 Å². The molecule has 1 aromatic rings. The summed E-state index contributed by atoms with van der Waals surface area (Å²) in [6.07, 6.45) is 9.13. The molecule has 2 rings (SSSR count). The molecule has 0 bridgehead atoms. The van der Waals surface area contributed by atoms with Crippen molar-refractivity contribution in [2.24, 2.45) is 0 Å². The lowest BCUT2D eigenvalue weighted by Gasteiger charge is -2.35. The highest BCUT2D eigenvalue weighted by atomic mass is 32.2. The van der Waals surface area contributed by atoms with Crippen LogP contribution in [0.4, 0.5) is 10.2 Å². The van der Waals surface area contributed by atoms with Gasteiger partial charge >= 0.3 is 0 Å². The van der Waals surface area contributed by atoms with E-state index >= 15 is 0 Å². The summed E-state index contributed by atoms with van der Waals surface area (Å²) in [5.41, 5.74) is 0.254. The molecule has 1 saturated carbocycles. The Morgan fingerprint density at radius 1 is 1.43 bits per heavy atom. The van der Waals surface area contributed by atoms with E-state index in [1.807, 2.05) is 11.8 Å². The Balaban J connectivity index is 2.06. The summed E-state index contributed by atoms with van der Waals surface area (Å²) in [4.78, 5) is 16.2. The van der Waals surface area contributed by atoms with Gasteiger partial charge in [-0.2, -0.15) is 11.8 Å². The number of carbonyl (C=O) groups is 1. The molecule has 0 aromatic carbocycles. The molecule has 1 heterocycles. The maximum atomic E-state index is 13.3. The van der Waals surface area contributed by atoms with E-state index in [0.29, 0.717) is 12.4 Å². The first-order valence-corrected chi connectivity index (χ1v) is 8.49. The smallest absolute Gasteiger partial charge is 0.255 e. The molecule has 1 aromatic heterocycles. The van der Waals surface area contributed by atoms with E-state index in [0.717, 1.165) is 19.0 Å². The van der Waals surface area contributed by atoms with Crippen LogP contribution >= 0.6 is 11.8 Å². The van der Waals surface area contributed by atoms with Gasteiger partial charge in [-0.05, 0) is 25.2 Å². The zero-order valence-electron chi connectivity index (χ0n) is 12.5. The predicted molar refractivity (Wildman–Crippen MR) is 85.4 cm³/mol. The van der Waals surface area contributed by atoms with Crippen molar-refractivity contribution >= 4 is 23.5 Å². The summed E-state index contributed by atoms with van der Waals surface area (Å²) in [5, 5.41) is 5.78. The van der Waals surface area contributed by atoms with Crippen LogP contribution in [0.5, 0.6) is 0 Å². The summed E-state index contributed by atoms with van der Waals surface area (Å²) in [7, 11) is 1.67. The van der Waals surface area contributed by atoms with Gasteiger partial charge in [0.05, 0.1) is 11.8 Å². The SMILES string of the molecule is CNc1ncc(F)cc1C(=O)NCC1(SC)CCCCC1. The molecule has 1 aliphatic carbocycles. The molecule has 1 fully saturated rings. The summed E-state index contributed by atoms with van der Waals surface area (Å²) >= 11 is 1.82. The van der Waals surface area contributed by atoms with Crippen molar-refractivity contribution in [3.8, 4) is 0 Å². The fraction of sp³-hybridized carbons (Fsp3) is 0.600. The lowest BCUT2D eigenvalue weighted by molar-refractivity contribution is 0.0947. The van der Waals surface area contributed by atoms with Gasteiger partial charge in [-0.3, -0.25) is 4.79 Å². The van der Waals surface area contributed by atoms with Crippen molar-refractivity contribution in [1.82, 2.24) is 10.3 Å². The number of rotatable bonds is 5. The van der Waals surface area contributed by atoms with Gasteiger partial charge in [0.15, 0.2) is 0 Å². The number of anilines is 1. The van der Waals surface area contributed by atoms with Crippen molar-refractivity contribution in [2.75, 3.05) is 25.2 Å². The first kappa shape index (κ1) is 16.1. The summed E-state index contributed by atoms with van der Waals surface area (Å²) < 4.78 is 13.4. The van der Waals surface area contributed by atoms with Gasteiger partial charge in [0.25, 0.3) is 5.91 Å². The average Bonchev–Trinajstić information content (AvgIpc) is 2.53. The van der Waals surface area contributed by atoms with Crippen LogP contribution in [0.1, 0.15) is 42.5 Å². The van der Waals surface area contributed by atoms with E-state index < -0.39 is 5.82 Å². The van der Waals surface area contributed by atoms with Crippen LogP contribution in [0.25, 0.3) is 0 Å². The van der Waals surface area contributed by atoms with E-state index in [1.54, 1.807) is 7.05 Å². The zero-order valence-corrected chi connectivity index (χ0v) is 13.4. The lowest BCUT2D eigenvalue weighted by Crippen LogP contribution is -2.42. The maximum Gasteiger partial charge on any atom is 0.255 e. The molecule has 0 atom stereocenters. The summed E-state index contributed by atoms with van der Waals surface area (Å²) in [5.74, 6) is -0.377. The molecule has 2 N–H and O–H groups in total. The molecule has 1 amide bonds. The summed E-state index contributed by atoms with van der Waals surface area (Å²) in [6.45, 7) is 0.618. The van der Waals surface area contributed by atoms with Gasteiger partial charge < -0.3 is 10.6 Å². The van der Waals surface area contributed by atoms with Crippen molar-refractivity contribution < 1.29 is 9.18 Å². The molecule has 0 spiro atoms. The molecule has 116 valence electrons. The predicted octanol–water partition coefficient (Wildman–Crippen LogP) is 3.06. The van der Waals surface area contributed by atoms with E-state index in [9.17, 15) is 9.18 Å². The number of pyridine rings is 1. The largest absolute Gasteiger partial charge is 0.372 e. The Hall–Kier alpha value is -1.30. The molecule has 1 aliphatic rings. The molecule has 0 saturated heterocycles. The van der Waals surface area contributed by atoms with Crippen LogP contribution in [-0.4, -0.2) is 35.5 Å². The fourth-order valence-electron chi connectivity index (χ4n) is 2.80. The molecule has 6 heteroatoms. The Morgan fingerprint density at radius 2 is 2.14 bits per heavy atom. The number of aromatic nitrogens is 1. The zero-order chi connectivity index (χ0) is 15.3. The number of hydrogen-bond donors (Lipinski definition) is 2. The molecule has 0 aliphatic heterocycles. The maximum absolute atomic E-state index is 13.3. The average molecular weight is 311 g/mol. The molecule has 4 nitrogen and oxygen atoms in total. The Kier molecular flexibility index (Phi) is 5.45. The third kappa shape index (κ3) is 3.87. The van der Waals surface area contributed by atoms with E-state index in [1.165, 1.54) is 25.3 Å². The number of nitrogens with one attached hydrogen (secondary N) is 2. The number of thioether (sulfide) groups is 1. The van der Waals surface area contributed by atoms with E-state index in [2.05, 4.69) is 21.9 Å². The first-order valence-electron chi connectivity index (χ1n) is 7.27. The van der Waals surface area contributed by atoms with Crippen molar-refractivity contribution in [3.63, 3.8) is 0 Å². The summed E-state index contributed by atoms with van der Waals surface area (Å²) in [6, 6.07) is 1.22. The quantitative estimate of drug-likeness (QED) is 0.877. The molecule has 0 radical (unpaired) electrons. The molecular weight excluding hydrogens is 289 g/mol. The Bertz CT molecular complexity index is 504. The third-order valence-corrected chi connectivity index (χ3v) is 5.52. The van der Waals surface area contributed by atoms with Gasteiger partial charge in [-0.25, -0.2) is 9.37 Å². The van der Waals surface area contributed by atoms with Crippen molar-refractivity contribution in [2.45, 2.75) is 36.9 Å². The van der Waals surface area contributed by atoms with E-state index in [-0.39, 0.29) is 16.2 Å². The lowest BCUT2D eigenvalue weighted by atomic mass is 9.88. The van der Waals surface area contributed by atoms with Crippen LogP contribution < -0.4 is 10.6 Å². The van der Waals surface area contributed by atoms with Crippen molar-refractivity contribution in [1.29, 1.82) is 0 Å². The Labute approximate surface area is 129 Å². The third-order valence-electron chi connectivity index (χ3n) is 4.10. The second-order valence-electron chi connectivity index (χ2n) is 5.43. The molecule has 0 unspecified atom stereocenters. The van der Waals surface area contributed by atoms with Crippen LogP contribution in [0.3, 0.4) is 0 Å². The number of hydrogen-bond acceptors (Lipinski definition) is 4. The number of carbonyl (C=O) groups excluding carboxylic acids is 1. The monoisotopic (exact) mass is 311 g/mol. The van der Waals surface area contributed by atoms with Gasteiger partial charge in [0.1, 0.15) is 11.6 Å². The standard InChI is InChI=1S/C15H22FN3OS/c1-17-13-12(8-11(16)9-18-13)14(20)19-10-15(21-2)6-4-3-5-7-15/h8-9H,3-7,10H2,1-2H3,(H,17,18)(H,19,20). The highest BCUT2D eigenvalue weighted by Crippen LogP contribution is 2.38. The first-order chi connectivity index (χ1) is 10.1. The van der Waals surface area contributed by atoms with Gasteiger partial charge in [-0.15, -0.1) is 0 Å². The fourth-order valence-corrected chi connectivity index (χ4v) is 3.71. The number of nitrogens with zero attached hydrogens (tertiary/aromatic N) is 1. The number of amides is 1. The molecular formula is C15H22FN3OS. The van der Waals surface area contributed by atoms with Crippen LogP contribution in [0.2, 0.25) is 0 Å². The highest BCUT2D eigenvalue weighted by Gasteiger charge is 2.31. The minimum absolute atomic E-state index is 0.120. The van der Waals surface area contributed by atoms with E-state index in [4.69, 9.17) is 0 Å². The second kappa shape index (κ2) is 7.11. The van der Waals surface area contributed by atoms with Crippen LogP contribution in [0, 0.1) is 5.82 Å². The minimum atomic E-state index is -0.503. The van der Waals surface area contributed by atoms with Gasteiger partial charge in [0.2, 0.25) is 0 Å². The normalized spacial score (nSPS) is 17.3. The van der Waals surface area contributed by atoms with Gasteiger partial charge in [0, 0.05) is 18.3 Å². The topological polar surface area (TPSA) is 54.0 Å². The Morgan fingerprint density at radius 3 is 2.76 bits per heavy atom. The number of halogens is 1. The highest BCUT2D eigenvalue weighted by molar-refractivity contribution is 8.00. The van der Waals surface area contributed by atoms with Crippen LogP contribution in [-0.2, 0) is 0 Å².